The summed E-state index contributed by atoms with van der Waals surface area (Å²) in [7, 11) is 0. The maximum absolute atomic E-state index is 2.38. The van der Waals surface area contributed by atoms with Gasteiger partial charge in [-0.15, -0.1) is 0 Å². The Balaban J connectivity index is 0.000000223. The molecule has 0 aliphatic carbocycles. The van der Waals surface area contributed by atoms with Crippen LogP contribution in [0.15, 0.2) is 30.1 Å². The van der Waals surface area contributed by atoms with Gasteiger partial charge < -0.3 is 4.90 Å². The molecule has 1 heterocycles. The second kappa shape index (κ2) is 9.46. The first-order chi connectivity index (χ1) is 6.35. The van der Waals surface area contributed by atoms with Gasteiger partial charge in [-0.1, -0.05) is 20.8 Å². The second-order valence-corrected chi connectivity index (χ2v) is 2.77. The van der Waals surface area contributed by atoms with Crippen LogP contribution in [0.4, 0.5) is 0 Å². The molecule has 0 saturated carbocycles. The van der Waals surface area contributed by atoms with Crippen molar-refractivity contribution in [1.82, 2.24) is 4.90 Å². The minimum absolute atomic E-state index is 1.19. The Hall–Kier alpha value is -0.625. The van der Waals surface area contributed by atoms with Gasteiger partial charge in [0.1, 0.15) is 0 Å². The van der Waals surface area contributed by atoms with Crippen LogP contribution in [0.25, 0.3) is 0 Å². The fraction of sp³-hybridized carbons (Fsp3) is 0.545. The van der Waals surface area contributed by atoms with E-state index >= 15 is 0 Å². The van der Waals surface area contributed by atoms with Gasteiger partial charge in [0, 0.05) is 0 Å². The molecule has 2 heteroatoms. The van der Waals surface area contributed by atoms with Crippen molar-refractivity contribution in [2.45, 2.75) is 20.8 Å². The third kappa shape index (κ3) is 7.73. The predicted molar refractivity (Wildman–Crippen MR) is 61.3 cm³/mol. The van der Waals surface area contributed by atoms with Crippen molar-refractivity contribution in [3.8, 4) is 0 Å². The number of hydrogen-bond acceptors (Lipinski definition) is 1. The van der Waals surface area contributed by atoms with Crippen LogP contribution in [0.1, 0.15) is 20.8 Å². The van der Waals surface area contributed by atoms with Crippen molar-refractivity contribution < 1.29 is 0 Å². The summed E-state index contributed by atoms with van der Waals surface area (Å²) < 4.78 is 0. The summed E-state index contributed by atoms with van der Waals surface area (Å²) in [4.78, 5) is 2.38. The molecule has 0 unspecified atom stereocenters. The SMILES string of the molecule is CCN(CC)CC.b1ccccc1. The Morgan fingerprint density at radius 3 is 1.38 bits per heavy atom. The normalized spacial score (nSPS) is 8.92. The molecular weight excluding hydrogens is 157 g/mol. The third-order valence-corrected chi connectivity index (χ3v) is 2.01. The van der Waals surface area contributed by atoms with Gasteiger partial charge >= 0.3 is 37.0 Å². The van der Waals surface area contributed by atoms with Crippen LogP contribution >= 0.6 is 0 Å². The summed E-state index contributed by atoms with van der Waals surface area (Å²) in [6.45, 7) is 12.1. The monoisotopic (exact) mass is 177 g/mol. The van der Waals surface area contributed by atoms with Crippen LogP contribution in [-0.2, 0) is 0 Å². The number of rotatable bonds is 3. The van der Waals surface area contributed by atoms with E-state index in [1.54, 1.807) is 0 Å². The van der Waals surface area contributed by atoms with Gasteiger partial charge in [-0.3, -0.25) is 0 Å². The standard InChI is InChI=1S/C6H15N.C5H5B/c1-4-7(5-2)6-3;1-2-4-6-5-3-1/h4-6H2,1-3H3;1-5H. The second-order valence-electron chi connectivity index (χ2n) is 2.77. The van der Waals surface area contributed by atoms with Gasteiger partial charge in [-0.05, 0) is 19.6 Å². The minimum atomic E-state index is 1.19. The molecule has 1 aromatic rings. The van der Waals surface area contributed by atoms with Crippen LogP contribution in [0.5, 0.6) is 0 Å². The van der Waals surface area contributed by atoms with E-state index in [-0.39, 0.29) is 0 Å². The molecule has 0 aliphatic heterocycles. The molecule has 0 atom stereocenters. The quantitative estimate of drug-likeness (QED) is 0.685. The van der Waals surface area contributed by atoms with Gasteiger partial charge in [0.2, 0.25) is 0 Å². The van der Waals surface area contributed by atoms with Crippen LogP contribution in [-0.4, -0.2) is 31.4 Å². The summed E-state index contributed by atoms with van der Waals surface area (Å²) >= 11 is 0. The van der Waals surface area contributed by atoms with Crippen molar-refractivity contribution in [2.75, 3.05) is 19.6 Å². The summed E-state index contributed by atoms with van der Waals surface area (Å²) in [6.07, 6.45) is 0. The van der Waals surface area contributed by atoms with E-state index in [2.05, 4.69) is 25.7 Å². The Bertz CT molecular complexity index is 140. The summed E-state index contributed by atoms with van der Waals surface area (Å²) in [5, 5.41) is 0. The molecule has 0 aromatic carbocycles. The Morgan fingerprint density at radius 1 is 0.846 bits per heavy atom. The van der Waals surface area contributed by atoms with Gasteiger partial charge in [0.25, 0.3) is 0 Å². The Morgan fingerprint density at radius 2 is 1.31 bits per heavy atom. The molecule has 0 bridgehead atoms. The molecule has 1 rings (SSSR count). The summed E-state index contributed by atoms with van der Waals surface area (Å²) in [6, 6.07) is 6.00. The van der Waals surface area contributed by atoms with Crippen molar-refractivity contribution >= 4 is 6.91 Å². The molecule has 72 valence electrons. The molecule has 0 amide bonds. The van der Waals surface area contributed by atoms with E-state index in [9.17, 15) is 0 Å². The topological polar surface area (TPSA) is 3.24 Å². The molecule has 1 nitrogen and oxygen atoms in total. The van der Waals surface area contributed by atoms with Crippen LogP contribution < -0.4 is 0 Å². The van der Waals surface area contributed by atoms with Gasteiger partial charge in [0.05, 0.1) is 0 Å². The zero-order valence-electron chi connectivity index (χ0n) is 9.03. The average Bonchev–Trinajstić information content (AvgIpc) is 2.24. The average molecular weight is 177 g/mol. The fourth-order valence-electron chi connectivity index (χ4n) is 1.06. The van der Waals surface area contributed by atoms with E-state index in [0.29, 0.717) is 0 Å². The first-order valence-electron chi connectivity index (χ1n) is 5.07. The van der Waals surface area contributed by atoms with Crippen LogP contribution in [0.3, 0.4) is 0 Å². The van der Waals surface area contributed by atoms with Crippen molar-refractivity contribution in [1.29, 1.82) is 0 Å². The first-order valence-corrected chi connectivity index (χ1v) is 5.07. The summed E-state index contributed by atoms with van der Waals surface area (Å²) in [5.74, 6) is 4.00. The third-order valence-electron chi connectivity index (χ3n) is 2.01. The van der Waals surface area contributed by atoms with E-state index < -0.39 is 0 Å². The van der Waals surface area contributed by atoms with E-state index in [0.717, 1.165) is 0 Å². The zero-order chi connectivity index (χ0) is 9.94. The Kier molecular flexibility index (Phi) is 9.01. The first kappa shape index (κ1) is 12.4. The Labute approximate surface area is 83.0 Å². The summed E-state index contributed by atoms with van der Waals surface area (Å²) in [5.41, 5.74) is 0. The fourth-order valence-corrected chi connectivity index (χ4v) is 1.06. The van der Waals surface area contributed by atoms with Gasteiger partial charge in [0.15, 0.2) is 0 Å². The molecule has 0 aliphatic rings. The maximum atomic E-state index is 2.38. The van der Waals surface area contributed by atoms with Crippen LogP contribution in [0, 0.1) is 0 Å². The molecule has 13 heavy (non-hydrogen) atoms. The number of hydrogen-bond donors (Lipinski definition) is 0. The molecule has 0 fully saturated rings. The molecule has 0 radical (unpaired) electrons. The van der Waals surface area contributed by atoms with Crippen molar-refractivity contribution in [3.63, 3.8) is 0 Å². The molecule has 1 aromatic heterocycles. The number of nitrogens with zero attached hydrogens (tertiary/aromatic N) is 1. The van der Waals surface area contributed by atoms with Crippen LogP contribution in [0.2, 0.25) is 0 Å². The van der Waals surface area contributed by atoms with E-state index in [4.69, 9.17) is 0 Å². The molecule has 0 N–H and O–H groups in total. The molecular formula is C11H20BN. The van der Waals surface area contributed by atoms with Gasteiger partial charge in [-0.25, -0.2) is 0 Å². The zero-order valence-corrected chi connectivity index (χ0v) is 9.03. The van der Waals surface area contributed by atoms with Crippen molar-refractivity contribution in [2.24, 2.45) is 0 Å². The predicted octanol–water partition coefficient (Wildman–Crippen LogP) is 2.37. The van der Waals surface area contributed by atoms with Gasteiger partial charge in [-0.2, -0.15) is 0 Å². The molecule has 0 saturated heterocycles. The van der Waals surface area contributed by atoms with E-state index in [1.807, 2.05) is 37.0 Å². The molecule has 0 spiro atoms. The van der Waals surface area contributed by atoms with E-state index in [1.165, 1.54) is 19.6 Å². The van der Waals surface area contributed by atoms with Crippen molar-refractivity contribution in [3.05, 3.63) is 30.1 Å².